The first kappa shape index (κ1) is 16.9. The number of nitrogens with one attached hydrogen (secondary N) is 1. The lowest BCUT2D eigenvalue weighted by Crippen LogP contribution is -2.24. The molecule has 128 valence electrons. The van der Waals surface area contributed by atoms with Crippen LogP contribution in [0.4, 0.5) is 4.39 Å². The Balaban J connectivity index is 1.86. The number of halogens is 1. The van der Waals surface area contributed by atoms with Gasteiger partial charge < -0.3 is 5.32 Å². The summed E-state index contributed by atoms with van der Waals surface area (Å²) in [5, 5.41) is 7.28. The van der Waals surface area contributed by atoms with Crippen molar-refractivity contribution >= 4 is 5.91 Å². The second-order valence-corrected chi connectivity index (χ2v) is 6.15. The molecule has 4 nitrogen and oxygen atoms in total. The third-order valence-corrected chi connectivity index (χ3v) is 3.97. The highest BCUT2D eigenvalue weighted by atomic mass is 19.1. The Morgan fingerprint density at radius 2 is 1.80 bits per heavy atom. The van der Waals surface area contributed by atoms with Gasteiger partial charge in [0.15, 0.2) is 0 Å². The summed E-state index contributed by atoms with van der Waals surface area (Å²) in [7, 11) is 0. The first-order chi connectivity index (χ1) is 12.1. The number of carbonyl (C=O) groups is 1. The van der Waals surface area contributed by atoms with Crippen LogP contribution in [-0.2, 0) is 6.54 Å². The van der Waals surface area contributed by atoms with Crippen molar-refractivity contribution in [2.45, 2.75) is 26.3 Å². The van der Waals surface area contributed by atoms with Crippen LogP contribution in [0, 0.1) is 5.82 Å². The molecular weight excluding hydrogens is 317 g/mol. The Kier molecular flexibility index (Phi) is 4.93. The summed E-state index contributed by atoms with van der Waals surface area (Å²) in [6.45, 7) is 4.47. The van der Waals surface area contributed by atoms with Gasteiger partial charge in [0.1, 0.15) is 5.82 Å². The monoisotopic (exact) mass is 337 g/mol. The van der Waals surface area contributed by atoms with E-state index in [4.69, 9.17) is 0 Å². The predicted octanol–water partition coefficient (Wildman–Crippen LogP) is 4.06. The van der Waals surface area contributed by atoms with Crippen molar-refractivity contribution in [3.63, 3.8) is 0 Å². The Morgan fingerprint density at radius 1 is 1.12 bits per heavy atom. The molecule has 1 N–H and O–H groups in total. The highest BCUT2D eigenvalue weighted by Gasteiger charge is 2.20. The summed E-state index contributed by atoms with van der Waals surface area (Å²) in [6, 6.07) is 15.8. The minimum atomic E-state index is -0.303. The zero-order chi connectivity index (χ0) is 17.8. The molecular formula is C20H20FN3O. The van der Waals surface area contributed by atoms with Crippen LogP contribution < -0.4 is 5.32 Å². The summed E-state index contributed by atoms with van der Waals surface area (Å²) in [4.78, 5) is 12.6. The van der Waals surface area contributed by atoms with Gasteiger partial charge in [0.05, 0.1) is 23.1 Å². The van der Waals surface area contributed by atoms with Gasteiger partial charge in [-0.05, 0) is 35.7 Å². The van der Waals surface area contributed by atoms with E-state index in [-0.39, 0.29) is 17.6 Å². The number of hydrogen-bond acceptors (Lipinski definition) is 2. The second-order valence-electron chi connectivity index (χ2n) is 6.15. The van der Waals surface area contributed by atoms with Crippen LogP contribution in [0.5, 0.6) is 0 Å². The van der Waals surface area contributed by atoms with E-state index >= 15 is 0 Å². The Bertz CT molecular complexity index is 854. The van der Waals surface area contributed by atoms with Gasteiger partial charge in [-0.2, -0.15) is 5.10 Å². The van der Waals surface area contributed by atoms with Gasteiger partial charge in [0.2, 0.25) is 0 Å². The molecule has 0 aliphatic heterocycles. The molecule has 0 bridgehead atoms. The van der Waals surface area contributed by atoms with E-state index in [2.05, 4.69) is 10.4 Å². The van der Waals surface area contributed by atoms with Crippen LogP contribution in [-0.4, -0.2) is 15.7 Å². The summed E-state index contributed by atoms with van der Waals surface area (Å²) in [5.41, 5.74) is 3.10. The van der Waals surface area contributed by atoms with Crippen molar-refractivity contribution in [1.29, 1.82) is 0 Å². The van der Waals surface area contributed by atoms with E-state index in [9.17, 15) is 9.18 Å². The van der Waals surface area contributed by atoms with Gasteiger partial charge in [0, 0.05) is 6.54 Å². The fourth-order valence-corrected chi connectivity index (χ4v) is 2.75. The number of rotatable bonds is 5. The van der Waals surface area contributed by atoms with Gasteiger partial charge in [-0.15, -0.1) is 0 Å². The molecule has 0 aliphatic carbocycles. The molecule has 0 spiro atoms. The van der Waals surface area contributed by atoms with E-state index in [0.717, 1.165) is 16.9 Å². The number of benzene rings is 2. The highest BCUT2D eigenvalue weighted by molar-refractivity contribution is 5.95. The minimum absolute atomic E-state index is 0.0880. The predicted molar refractivity (Wildman–Crippen MR) is 95.2 cm³/mol. The molecule has 3 aromatic rings. The normalized spacial score (nSPS) is 10.9. The van der Waals surface area contributed by atoms with E-state index < -0.39 is 0 Å². The van der Waals surface area contributed by atoms with Crippen LogP contribution in [0.15, 0.2) is 60.8 Å². The summed E-state index contributed by atoms with van der Waals surface area (Å²) < 4.78 is 14.9. The van der Waals surface area contributed by atoms with Gasteiger partial charge >= 0.3 is 0 Å². The average molecular weight is 337 g/mol. The topological polar surface area (TPSA) is 46.9 Å². The molecule has 0 saturated heterocycles. The molecule has 25 heavy (non-hydrogen) atoms. The Morgan fingerprint density at radius 3 is 2.44 bits per heavy atom. The molecule has 1 amide bonds. The lowest BCUT2D eigenvalue weighted by molar-refractivity contribution is 0.0949. The maximum Gasteiger partial charge on any atom is 0.255 e. The second kappa shape index (κ2) is 7.30. The van der Waals surface area contributed by atoms with Crippen molar-refractivity contribution in [2.24, 2.45) is 0 Å². The van der Waals surface area contributed by atoms with Crippen molar-refractivity contribution < 1.29 is 9.18 Å². The number of nitrogens with zero attached hydrogens (tertiary/aromatic N) is 2. The molecule has 1 aromatic heterocycles. The molecule has 0 radical (unpaired) electrons. The molecule has 0 aliphatic rings. The number of carbonyl (C=O) groups excluding carboxylic acids is 1. The first-order valence-electron chi connectivity index (χ1n) is 8.22. The maximum absolute atomic E-state index is 13.2. The van der Waals surface area contributed by atoms with Gasteiger partial charge in [-0.3, -0.25) is 4.79 Å². The van der Waals surface area contributed by atoms with Crippen LogP contribution >= 0.6 is 0 Å². The van der Waals surface area contributed by atoms with Crippen molar-refractivity contribution in [3.05, 3.63) is 83.4 Å². The fraction of sp³-hybridized carbons (Fsp3) is 0.200. The van der Waals surface area contributed by atoms with E-state index in [1.807, 2.05) is 44.2 Å². The number of amides is 1. The fourth-order valence-electron chi connectivity index (χ4n) is 2.75. The number of hydrogen-bond donors (Lipinski definition) is 1. The van der Waals surface area contributed by atoms with Crippen molar-refractivity contribution in [3.8, 4) is 5.69 Å². The largest absolute Gasteiger partial charge is 0.348 e. The van der Waals surface area contributed by atoms with E-state index in [1.165, 1.54) is 12.1 Å². The molecule has 0 fully saturated rings. The Hall–Kier alpha value is -2.95. The molecule has 0 atom stereocenters. The molecule has 1 heterocycles. The zero-order valence-electron chi connectivity index (χ0n) is 14.2. The third-order valence-electron chi connectivity index (χ3n) is 3.97. The lowest BCUT2D eigenvalue weighted by Gasteiger charge is -2.13. The van der Waals surface area contributed by atoms with Gasteiger partial charge in [-0.1, -0.05) is 44.2 Å². The Labute approximate surface area is 146 Å². The highest BCUT2D eigenvalue weighted by Crippen LogP contribution is 2.23. The summed E-state index contributed by atoms with van der Waals surface area (Å²) in [5.74, 6) is -0.381. The zero-order valence-corrected chi connectivity index (χ0v) is 14.2. The maximum atomic E-state index is 13.2. The SMILES string of the molecule is CC(C)c1c(C(=O)NCc2ccccc2)cnn1-c1ccc(F)cc1. The van der Waals surface area contributed by atoms with Gasteiger partial charge in [-0.25, -0.2) is 9.07 Å². The van der Waals surface area contributed by atoms with E-state index in [1.54, 1.807) is 23.0 Å². The smallest absolute Gasteiger partial charge is 0.255 e. The summed E-state index contributed by atoms with van der Waals surface area (Å²) >= 11 is 0. The molecule has 2 aromatic carbocycles. The van der Waals surface area contributed by atoms with Crippen LogP contribution in [0.3, 0.4) is 0 Å². The minimum Gasteiger partial charge on any atom is -0.348 e. The standard InChI is InChI=1S/C20H20FN3O/c1-14(2)19-18(20(25)22-12-15-6-4-3-5-7-15)13-23-24(19)17-10-8-16(21)9-11-17/h3-11,13-14H,12H2,1-2H3,(H,22,25). The van der Waals surface area contributed by atoms with Crippen LogP contribution in [0.2, 0.25) is 0 Å². The van der Waals surface area contributed by atoms with Crippen molar-refractivity contribution in [1.82, 2.24) is 15.1 Å². The first-order valence-corrected chi connectivity index (χ1v) is 8.22. The van der Waals surface area contributed by atoms with Crippen LogP contribution in [0.25, 0.3) is 5.69 Å². The molecule has 3 rings (SSSR count). The van der Waals surface area contributed by atoms with Gasteiger partial charge in [0.25, 0.3) is 5.91 Å². The average Bonchev–Trinajstić information content (AvgIpc) is 3.06. The van der Waals surface area contributed by atoms with E-state index in [0.29, 0.717) is 12.1 Å². The van der Waals surface area contributed by atoms with Crippen LogP contribution in [0.1, 0.15) is 41.4 Å². The van der Waals surface area contributed by atoms with Crippen molar-refractivity contribution in [2.75, 3.05) is 0 Å². The third kappa shape index (κ3) is 3.76. The lowest BCUT2D eigenvalue weighted by atomic mass is 10.0. The quantitative estimate of drug-likeness (QED) is 0.763. The molecule has 5 heteroatoms. The summed E-state index contributed by atoms with van der Waals surface area (Å²) in [6.07, 6.45) is 1.57. The molecule has 0 saturated carbocycles. The molecule has 0 unspecified atom stereocenters. The number of aromatic nitrogens is 2.